The maximum Gasteiger partial charge on any atom is 0.194 e. The fourth-order valence-electron chi connectivity index (χ4n) is 2.15. The van der Waals surface area contributed by atoms with Gasteiger partial charge in [0.15, 0.2) is 17.5 Å². The van der Waals surface area contributed by atoms with Crippen LogP contribution in [0.4, 0.5) is 17.6 Å². The van der Waals surface area contributed by atoms with Crippen molar-refractivity contribution in [1.29, 1.82) is 0 Å². The molecule has 0 saturated carbocycles. The van der Waals surface area contributed by atoms with Crippen LogP contribution in [0.5, 0.6) is 0 Å². The molecule has 2 nitrogen and oxygen atoms in total. The molecule has 1 unspecified atom stereocenters. The van der Waals surface area contributed by atoms with Gasteiger partial charge in [0.2, 0.25) is 0 Å². The highest BCUT2D eigenvalue weighted by molar-refractivity contribution is 5.31. The molecule has 0 heterocycles. The molecule has 2 aromatic carbocycles. The number of aryl methyl sites for hydroxylation is 1. The average Bonchev–Trinajstić information content (AvgIpc) is 2.46. The van der Waals surface area contributed by atoms with Gasteiger partial charge in [-0.2, -0.15) is 0 Å². The first-order chi connectivity index (χ1) is 9.93. The normalized spacial score (nSPS) is 12.5. The molecule has 2 rings (SSSR count). The van der Waals surface area contributed by atoms with Crippen molar-refractivity contribution in [3.63, 3.8) is 0 Å². The van der Waals surface area contributed by atoms with E-state index in [4.69, 9.17) is 5.84 Å². The molecule has 6 heteroatoms. The number of hydrogen-bond acceptors (Lipinski definition) is 2. The molecule has 0 spiro atoms. The minimum absolute atomic E-state index is 0.111. The molecule has 0 radical (unpaired) electrons. The fraction of sp³-hybridized carbons (Fsp3) is 0.200. The molecule has 0 amide bonds. The van der Waals surface area contributed by atoms with Gasteiger partial charge < -0.3 is 0 Å². The third-order valence-electron chi connectivity index (χ3n) is 3.38. The number of hydrogen-bond donors (Lipinski definition) is 2. The largest absolute Gasteiger partial charge is 0.271 e. The summed E-state index contributed by atoms with van der Waals surface area (Å²) in [5, 5.41) is 0. The van der Waals surface area contributed by atoms with Gasteiger partial charge in [-0.05, 0) is 42.7 Å². The van der Waals surface area contributed by atoms with Crippen LogP contribution >= 0.6 is 0 Å². The minimum Gasteiger partial charge on any atom is -0.271 e. The SMILES string of the molecule is Cc1ccc(F)cc1CC(NN)c1ccc(F)c(F)c1F. The Balaban J connectivity index is 2.37. The molecule has 0 aliphatic rings. The average molecular weight is 298 g/mol. The molecule has 112 valence electrons. The summed E-state index contributed by atoms with van der Waals surface area (Å²) in [5.41, 5.74) is 3.63. The van der Waals surface area contributed by atoms with Gasteiger partial charge in [0.25, 0.3) is 0 Å². The zero-order valence-corrected chi connectivity index (χ0v) is 11.3. The Kier molecular flexibility index (Phi) is 4.59. The Bertz CT molecular complexity index is 658. The Morgan fingerprint density at radius 3 is 2.43 bits per heavy atom. The number of hydrazine groups is 1. The minimum atomic E-state index is -1.55. The lowest BCUT2D eigenvalue weighted by Crippen LogP contribution is -2.30. The first kappa shape index (κ1) is 15.5. The summed E-state index contributed by atoms with van der Waals surface area (Å²) in [7, 11) is 0. The van der Waals surface area contributed by atoms with E-state index in [2.05, 4.69) is 5.43 Å². The summed E-state index contributed by atoms with van der Waals surface area (Å²) in [6, 6.07) is 5.34. The summed E-state index contributed by atoms with van der Waals surface area (Å²) in [6.45, 7) is 1.77. The number of nitrogens with two attached hydrogens (primary N) is 1. The van der Waals surface area contributed by atoms with E-state index in [-0.39, 0.29) is 12.0 Å². The van der Waals surface area contributed by atoms with E-state index in [1.807, 2.05) is 0 Å². The Labute approximate surface area is 119 Å². The Morgan fingerprint density at radius 2 is 1.76 bits per heavy atom. The van der Waals surface area contributed by atoms with Crippen molar-refractivity contribution in [3.8, 4) is 0 Å². The Hall–Kier alpha value is -1.92. The van der Waals surface area contributed by atoms with Crippen LogP contribution in [-0.2, 0) is 6.42 Å². The maximum absolute atomic E-state index is 13.8. The van der Waals surface area contributed by atoms with Crippen LogP contribution in [0.3, 0.4) is 0 Å². The Morgan fingerprint density at radius 1 is 1.05 bits per heavy atom. The number of benzene rings is 2. The van der Waals surface area contributed by atoms with Crippen LogP contribution in [-0.4, -0.2) is 0 Å². The topological polar surface area (TPSA) is 38.0 Å². The molecular formula is C15H14F4N2. The van der Waals surface area contributed by atoms with Crippen molar-refractivity contribution < 1.29 is 17.6 Å². The highest BCUT2D eigenvalue weighted by Gasteiger charge is 2.21. The smallest absolute Gasteiger partial charge is 0.194 e. The van der Waals surface area contributed by atoms with Gasteiger partial charge >= 0.3 is 0 Å². The molecule has 0 bridgehead atoms. The number of halogens is 4. The highest BCUT2D eigenvalue weighted by atomic mass is 19.2. The van der Waals surface area contributed by atoms with Crippen molar-refractivity contribution in [2.24, 2.45) is 5.84 Å². The van der Waals surface area contributed by atoms with E-state index < -0.39 is 29.3 Å². The van der Waals surface area contributed by atoms with Crippen molar-refractivity contribution in [2.75, 3.05) is 0 Å². The van der Waals surface area contributed by atoms with Gasteiger partial charge in [-0.15, -0.1) is 0 Å². The summed E-state index contributed by atoms with van der Waals surface area (Å²) in [6.07, 6.45) is 0.141. The second-order valence-corrected chi connectivity index (χ2v) is 4.76. The van der Waals surface area contributed by atoms with Crippen molar-refractivity contribution in [1.82, 2.24) is 5.43 Å². The summed E-state index contributed by atoms with van der Waals surface area (Å²) < 4.78 is 53.3. The predicted molar refractivity (Wildman–Crippen MR) is 71.2 cm³/mol. The maximum atomic E-state index is 13.8. The fourth-order valence-corrected chi connectivity index (χ4v) is 2.15. The van der Waals surface area contributed by atoms with Gasteiger partial charge in [-0.3, -0.25) is 11.3 Å². The number of nitrogens with one attached hydrogen (secondary N) is 1. The molecule has 0 fully saturated rings. The lowest BCUT2D eigenvalue weighted by Gasteiger charge is -2.18. The second kappa shape index (κ2) is 6.24. The summed E-state index contributed by atoms with van der Waals surface area (Å²) >= 11 is 0. The molecule has 0 aliphatic heterocycles. The van der Waals surface area contributed by atoms with Crippen LogP contribution in [0.25, 0.3) is 0 Å². The first-order valence-corrected chi connectivity index (χ1v) is 6.28. The molecule has 0 aromatic heterocycles. The molecule has 2 aromatic rings. The van der Waals surface area contributed by atoms with Gasteiger partial charge in [-0.1, -0.05) is 12.1 Å². The van der Waals surface area contributed by atoms with Crippen LogP contribution in [0, 0.1) is 30.2 Å². The van der Waals surface area contributed by atoms with E-state index in [0.717, 1.165) is 17.7 Å². The van der Waals surface area contributed by atoms with E-state index in [9.17, 15) is 17.6 Å². The molecule has 1 atom stereocenters. The van der Waals surface area contributed by atoms with Crippen molar-refractivity contribution >= 4 is 0 Å². The molecule has 0 saturated heterocycles. The van der Waals surface area contributed by atoms with Crippen LogP contribution in [0.2, 0.25) is 0 Å². The predicted octanol–water partition coefficient (Wildman–Crippen LogP) is 3.30. The lowest BCUT2D eigenvalue weighted by atomic mass is 9.96. The van der Waals surface area contributed by atoms with E-state index >= 15 is 0 Å². The highest BCUT2D eigenvalue weighted by Crippen LogP contribution is 2.25. The lowest BCUT2D eigenvalue weighted by molar-refractivity contribution is 0.424. The summed E-state index contributed by atoms with van der Waals surface area (Å²) in [4.78, 5) is 0. The van der Waals surface area contributed by atoms with Crippen LogP contribution in [0.15, 0.2) is 30.3 Å². The van der Waals surface area contributed by atoms with E-state index in [1.165, 1.54) is 12.1 Å². The van der Waals surface area contributed by atoms with Gasteiger partial charge in [0.05, 0.1) is 6.04 Å². The molecular weight excluding hydrogens is 284 g/mol. The third kappa shape index (κ3) is 3.22. The number of rotatable bonds is 4. The molecule has 0 aliphatic carbocycles. The summed E-state index contributed by atoms with van der Waals surface area (Å²) in [5.74, 6) is 0.817. The van der Waals surface area contributed by atoms with Crippen molar-refractivity contribution in [3.05, 3.63) is 70.3 Å². The zero-order valence-electron chi connectivity index (χ0n) is 11.3. The van der Waals surface area contributed by atoms with E-state index in [1.54, 1.807) is 13.0 Å². The van der Waals surface area contributed by atoms with Crippen LogP contribution < -0.4 is 11.3 Å². The van der Waals surface area contributed by atoms with E-state index in [0.29, 0.717) is 5.56 Å². The first-order valence-electron chi connectivity index (χ1n) is 6.28. The standard InChI is InChI=1S/C15H14F4N2/c1-8-2-3-10(16)6-9(8)7-13(21-20)11-4-5-12(17)15(19)14(11)18/h2-6,13,21H,7,20H2,1H3. The molecule has 21 heavy (non-hydrogen) atoms. The van der Waals surface area contributed by atoms with Crippen molar-refractivity contribution in [2.45, 2.75) is 19.4 Å². The second-order valence-electron chi connectivity index (χ2n) is 4.76. The molecule has 3 N–H and O–H groups in total. The van der Waals surface area contributed by atoms with Gasteiger partial charge in [0, 0.05) is 5.56 Å². The zero-order chi connectivity index (χ0) is 15.6. The van der Waals surface area contributed by atoms with Gasteiger partial charge in [-0.25, -0.2) is 17.6 Å². The van der Waals surface area contributed by atoms with Gasteiger partial charge in [0.1, 0.15) is 5.82 Å². The third-order valence-corrected chi connectivity index (χ3v) is 3.38. The van der Waals surface area contributed by atoms with Crippen LogP contribution in [0.1, 0.15) is 22.7 Å². The monoisotopic (exact) mass is 298 g/mol. The quantitative estimate of drug-likeness (QED) is 0.393.